The van der Waals surface area contributed by atoms with Crippen molar-refractivity contribution in [3.8, 4) is 0 Å². The first-order chi connectivity index (χ1) is 17.5. The fourth-order valence-electron chi connectivity index (χ4n) is 6.17. The van der Waals surface area contributed by atoms with Gasteiger partial charge in [-0.3, -0.25) is 14.5 Å². The summed E-state index contributed by atoms with van der Waals surface area (Å²) in [5.41, 5.74) is 6.23. The molecule has 2 heterocycles. The fraction of sp³-hybridized carbons (Fsp3) is 0.679. The van der Waals surface area contributed by atoms with Crippen molar-refractivity contribution in [2.45, 2.75) is 95.9 Å². The third-order valence-corrected chi connectivity index (χ3v) is 8.13. The van der Waals surface area contributed by atoms with Crippen molar-refractivity contribution in [2.75, 3.05) is 19.6 Å². The topological polar surface area (TPSA) is 105 Å². The molecule has 0 radical (unpaired) electrons. The van der Waals surface area contributed by atoms with Crippen molar-refractivity contribution in [1.29, 1.82) is 0 Å². The lowest BCUT2D eigenvalue weighted by Gasteiger charge is -2.36. The Bertz CT molecular complexity index is 1020. The Kier molecular flexibility index (Phi) is 8.11. The molecule has 2 aliphatic heterocycles. The summed E-state index contributed by atoms with van der Waals surface area (Å²) in [7, 11) is 0. The van der Waals surface area contributed by atoms with Crippen LogP contribution in [0.3, 0.4) is 0 Å². The van der Waals surface area contributed by atoms with E-state index >= 15 is 4.39 Å². The van der Waals surface area contributed by atoms with Gasteiger partial charge in [0.25, 0.3) is 0 Å². The number of primary amides is 1. The smallest absolute Gasteiger partial charge is 0.411 e. The summed E-state index contributed by atoms with van der Waals surface area (Å²) in [6.45, 7) is 10.5. The SMILES string of the molecule is CCN1CCC(c2ccc(C[C@H](NC(=O)[C@@H]3[C@H]4CC[C@H](C4)N3C(=O)OC(C)(C)C)C(N)=O)c(F)c2)CC1. The zero-order valence-corrected chi connectivity index (χ0v) is 22.5. The van der Waals surface area contributed by atoms with E-state index in [9.17, 15) is 14.4 Å². The summed E-state index contributed by atoms with van der Waals surface area (Å²) in [5.74, 6) is -1.26. The van der Waals surface area contributed by atoms with Crippen LogP contribution in [0.1, 0.15) is 76.8 Å². The van der Waals surface area contributed by atoms with Gasteiger partial charge in [-0.05, 0) is 102 Å². The van der Waals surface area contributed by atoms with E-state index in [1.807, 2.05) is 6.07 Å². The van der Waals surface area contributed by atoms with Gasteiger partial charge in [-0.2, -0.15) is 0 Å². The molecule has 1 aromatic rings. The summed E-state index contributed by atoms with van der Waals surface area (Å²) in [5, 5.41) is 2.72. The molecule has 0 aromatic heterocycles. The van der Waals surface area contributed by atoms with Gasteiger partial charge in [0, 0.05) is 12.5 Å². The molecule has 8 nitrogen and oxygen atoms in total. The number of benzene rings is 1. The highest BCUT2D eigenvalue weighted by molar-refractivity contribution is 5.91. The van der Waals surface area contributed by atoms with E-state index in [-0.39, 0.29) is 18.4 Å². The lowest BCUT2D eigenvalue weighted by atomic mass is 9.88. The lowest BCUT2D eigenvalue weighted by Crippen LogP contribution is -2.57. The summed E-state index contributed by atoms with van der Waals surface area (Å²) in [6.07, 6.45) is 3.79. The van der Waals surface area contributed by atoms with Crippen LogP contribution in [0.4, 0.5) is 9.18 Å². The molecule has 37 heavy (non-hydrogen) atoms. The van der Waals surface area contributed by atoms with Crippen molar-refractivity contribution in [3.05, 3.63) is 35.1 Å². The van der Waals surface area contributed by atoms with Gasteiger partial charge in [-0.15, -0.1) is 0 Å². The molecule has 2 saturated heterocycles. The van der Waals surface area contributed by atoms with E-state index in [1.165, 1.54) is 4.90 Å². The molecular formula is C28H41FN4O4. The van der Waals surface area contributed by atoms with Gasteiger partial charge in [0.15, 0.2) is 0 Å². The van der Waals surface area contributed by atoms with Crippen LogP contribution in [0.2, 0.25) is 0 Å². The molecule has 3 fully saturated rings. The number of piperidine rings is 2. The van der Waals surface area contributed by atoms with E-state index in [0.29, 0.717) is 11.5 Å². The van der Waals surface area contributed by atoms with Gasteiger partial charge in [0.1, 0.15) is 23.5 Å². The van der Waals surface area contributed by atoms with Crippen LogP contribution in [0.5, 0.6) is 0 Å². The molecule has 1 aliphatic carbocycles. The number of nitrogens with two attached hydrogens (primary N) is 1. The number of hydrogen-bond donors (Lipinski definition) is 2. The zero-order chi connectivity index (χ0) is 26.9. The van der Waals surface area contributed by atoms with Crippen molar-refractivity contribution < 1.29 is 23.5 Å². The first kappa shape index (κ1) is 27.4. The molecule has 2 bridgehead atoms. The number of ether oxygens (including phenoxy) is 1. The molecule has 3 N–H and O–H groups in total. The average molecular weight is 517 g/mol. The highest BCUT2D eigenvalue weighted by atomic mass is 19.1. The molecule has 3 amide bonds. The minimum atomic E-state index is -1.08. The number of amides is 3. The number of rotatable bonds is 7. The first-order valence-electron chi connectivity index (χ1n) is 13.6. The van der Waals surface area contributed by atoms with Crippen LogP contribution in [0.15, 0.2) is 18.2 Å². The molecule has 3 aliphatic rings. The summed E-state index contributed by atoms with van der Waals surface area (Å²) >= 11 is 0. The largest absolute Gasteiger partial charge is 0.444 e. The van der Waals surface area contributed by atoms with Crippen LogP contribution in [0.25, 0.3) is 0 Å². The second-order valence-electron chi connectivity index (χ2n) is 11.8. The predicted octanol–water partition coefficient (Wildman–Crippen LogP) is 3.33. The van der Waals surface area contributed by atoms with E-state index in [0.717, 1.165) is 57.3 Å². The fourth-order valence-corrected chi connectivity index (χ4v) is 6.17. The van der Waals surface area contributed by atoms with Gasteiger partial charge < -0.3 is 20.7 Å². The van der Waals surface area contributed by atoms with Gasteiger partial charge in [-0.25, -0.2) is 9.18 Å². The van der Waals surface area contributed by atoms with Gasteiger partial charge in [0.2, 0.25) is 11.8 Å². The molecule has 1 aromatic carbocycles. The molecule has 0 spiro atoms. The summed E-state index contributed by atoms with van der Waals surface area (Å²) < 4.78 is 20.7. The Morgan fingerprint density at radius 1 is 1.16 bits per heavy atom. The molecule has 1 saturated carbocycles. The number of nitrogens with zero attached hydrogens (tertiary/aromatic N) is 2. The van der Waals surface area contributed by atoms with Crippen LogP contribution >= 0.6 is 0 Å². The van der Waals surface area contributed by atoms with Crippen molar-refractivity contribution in [2.24, 2.45) is 11.7 Å². The first-order valence-corrected chi connectivity index (χ1v) is 13.6. The minimum Gasteiger partial charge on any atom is -0.444 e. The maximum absolute atomic E-state index is 15.1. The minimum absolute atomic E-state index is 0.00110. The maximum Gasteiger partial charge on any atom is 0.411 e. The van der Waals surface area contributed by atoms with Crippen molar-refractivity contribution in [3.63, 3.8) is 0 Å². The van der Waals surface area contributed by atoms with E-state index in [1.54, 1.807) is 32.9 Å². The zero-order valence-electron chi connectivity index (χ0n) is 22.5. The highest BCUT2D eigenvalue weighted by Gasteiger charge is 2.52. The number of carbonyl (C=O) groups excluding carboxylic acids is 3. The highest BCUT2D eigenvalue weighted by Crippen LogP contribution is 2.43. The third kappa shape index (κ3) is 6.25. The van der Waals surface area contributed by atoms with Crippen LogP contribution in [-0.4, -0.2) is 71.1 Å². The van der Waals surface area contributed by atoms with E-state index < -0.39 is 41.4 Å². The molecule has 0 unspecified atom stereocenters. The second-order valence-corrected chi connectivity index (χ2v) is 11.8. The van der Waals surface area contributed by atoms with E-state index in [4.69, 9.17) is 10.5 Å². The lowest BCUT2D eigenvalue weighted by molar-refractivity contribution is -0.132. The van der Waals surface area contributed by atoms with Gasteiger partial charge >= 0.3 is 6.09 Å². The standard InChI is InChI=1S/C28H41FN4O4/c1-5-32-12-10-17(11-13-32)18-6-7-19(22(29)15-18)16-23(25(30)34)31-26(35)24-20-8-9-21(14-20)33(24)27(36)37-28(2,3)4/h6-7,15,17,20-21,23-24H,5,8-14,16H2,1-4H3,(H2,30,34)(H,31,35)/t20-,21+,23-,24-/m0/s1. The number of fused-ring (bicyclic) bond motifs is 2. The van der Waals surface area contributed by atoms with Crippen LogP contribution in [0, 0.1) is 11.7 Å². The van der Waals surface area contributed by atoms with Crippen LogP contribution in [-0.2, 0) is 20.7 Å². The number of halogens is 1. The number of hydrogen-bond acceptors (Lipinski definition) is 5. The quantitative estimate of drug-likeness (QED) is 0.579. The molecule has 204 valence electrons. The normalized spacial score (nSPS) is 25.2. The van der Waals surface area contributed by atoms with Gasteiger partial charge in [-0.1, -0.05) is 19.1 Å². The van der Waals surface area contributed by atoms with Crippen molar-refractivity contribution >= 4 is 17.9 Å². The maximum atomic E-state index is 15.1. The number of likely N-dealkylation sites (tertiary alicyclic amines) is 2. The molecule has 4 atom stereocenters. The average Bonchev–Trinajstić information content (AvgIpc) is 3.45. The number of nitrogens with one attached hydrogen (secondary N) is 1. The van der Waals surface area contributed by atoms with Gasteiger partial charge in [0.05, 0.1) is 0 Å². The third-order valence-electron chi connectivity index (χ3n) is 8.13. The molecule has 9 heteroatoms. The Labute approximate surface area is 219 Å². The summed E-state index contributed by atoms with van der Waals surface area (Å²) in [4.78, 5) is 42.4. The Balaban J connectivity index is 1.43. The van der Waals surface area contributed by atoms with Crippen LogP contribution < -0.4 is 11.1 Å². The van der Waals surface area contributed by atoms with Crippen molar-refractivity contribution in [1.82, 2.24) is 15.1 Å². The van der Waals surface area contributed by atoms with E-state index in [2.05, 4.69) is 17.1 Å². The Morgan fingerprint density at radius 3 is 2.46 bits per heavy atom. The molecular weight excluding hydrogens is 475 g/mol. The Hall–Kier alpha value is -2.68. The molecule has 4 rings (SSSR count). The predicted molar refractivity (Wildman–Crippen MR) is 138 cm³/mol. The summed E-state index contributed by atoms with van der Waals surface area (Å²) in [6, 6.07) is 3.31. The number of carbonyl (C=O) groups is 3. The Morgan fingerprint density at radius 2 is 1.86 bits per heavy atom. The second kappa shape index (κ2) is 11.0. The monoisotopic (exact) mass is 516 g/mol.